The second kappa shape index (κ2) is 5.39. The molecule has 17 heavy (non-hydrogen) atoms. The van der Waals surface area contributed by atoms with E-state index in [1.165, 1.54) is 13.2 Å². The Morgan fingerprint density at radius 3 is 1.94 bits per heavy atom. The number of halogens is 4. The number of thioether (sulfide) groups is 1. The molecule has 0 unspecified atom stereocenters. The first-order chi connectivity index (χ1) is 7.95. The fraction of sp³-hybridized carbons (Fsp3) is 0.300. The lowest BCUT2D eigenvalue weighted by Gasteiger charge is -2.09. The monoisotopic (exact) mass is 268 g/mol. The zero-order chi connectivity index (χ0) is 13.2. The number of benzene rings is 1. The maximum absolute atomic E-state index is 13.4. The van der Waals surface area contributed by atoms with Crippen LogP contribution < -0.4 is 0 Å². The Kier molecular flexibility index (Phi) is 4.39. The fourth-order valence-corrected chi connectivity index (χ4v) is 1.71. The SMILES string of the molecule is CCOC(=O)c1c(F)c(F)c(SC)c(F)c1F. The van der Waals surface area contributed by atoms with Crippen LogP contribution in [0.2, 0.25) is 0 Å². The number of hydrogen-bond donors (Lipinski definition) is 0. The first-order valence-electron chi connectivity index (χ1n) is 4.52. The average Bonchev–Trinajstić information content (AvgIpc) is 2.28. The number of carbonyl (C=O) groups is 1. The highest BCUT2D eigenvalue weighted by Gasteiger charge is 2.29. The maximum atomic E-state index is 13.4. The Morgan fingerprint density at radius 1 is 1.12 bits per heavy atom. The third kappa shape index (κ3) is 2.38. The van der Waals surface area contributed by atoms with Crippen molar-refractivity contribution in [1.82, 2.24) is 0 Å². The third-order valence-electron chi connectivity index (χ3n) is 1.91. The number of esters is 1. The van der Waals surface area contributed by atoms with Crippen molar-refractivity contribution in [1.29, 1.82) is 0 Å². The number of carbonyl (C=O) groups excluding carboxylic acids is 1. The standard InChI is InChI=1S/C10H8F4O2S/c1-3-16-10(15)4-5(11)7(13)9(17-2)8(14)6(4)12/h3H2,1-2H3. The zero-order valence-corrected chi connectivity index (χ0v) is 9.76. The summed E-state index contributed by atoms with van der Waals surface area (Å²) in [4.78, 5) is 10.3. The molecule has 0 atom stereocenters. The van der Waals surface area contributed by atoms with Crippen LogP contribution >= 0.6 is 11.8 Å². The van der Waals surface area contributed by atoms with Crippen molar-refractivity contribution in [3.63, 3.8) is 0 Å². The van der Waals surface area contributed by atoms with Gasteiger partial charge in [0.2, 0.25) is 0 Å². The van der Waals surface area contributed by atoms with Crippen molar-refractivity contribution < 1.29 is 27.1 Å². The van der Waals surface area contributed by atoms with Crippen molar-refractivity contribution in [2.24, 2.45) is 0 Å². The normalized spacial score (nSPS) is 10.5. The molecule has 0 saturated heterocycles. The molecule has 0 radical (unpaired) electrons. The summed E-state index contributed by atoms with van der Waals surface area (Å²) in [5.41, 5.74) is -1.35. The highest BCUT2D eigenvalue weighted by atomic mass is 32.2. The Labute approximate surface area is 99.0 Å². The van der Waals surface area contributed by atoms with Crippen LogP contribution in [0.25, 0.3) is 0 Å². The molecule has 1 rings (SSSR count). The molecule has 0 N–H and O–H groups in total. The lowest BCUT2D eigenvalue weighted by atomic mass is 10.2. The van der Waals surface area contributed by atoms with E-state index in [-0.39, 0.29) is 6.61 Å². The predicted molar refractivity (Wildman–Crippen MR) is 54.0 cm³/mol. The second-order valence-corrected chi connectivity index (χ2v) is 3.70. The molecule has 0 heterocycles. The molecule has 94 valence electrons. The summed E-state index contributed by atoms with van der Waals surface area (Å²) in [5.74, 6) is -8.12. The summed E-state index contributed by atoms with van der Waals surface area (Å²) >= 11 is 0.502. The summed E-state index contributed by atoms with van der Waals surface area (Å²) in [6.45, 7) is 1.24. The summed E-state index contributed by atoms with van der Waals surface area (Å²) < 4.78 is 57.6. The van der Waals surface area contributed by atoms with Gasteiger partial charge in [0.05, 0.1) is 11.5 Å². The molecule has 0 saturated carbocycles. The minimum absolute atomic E-state index is 0.161. The molecule has 0 amide bonds. The zero-order valence-electron chi connectivity index (χ0n) is 8.94. The van der Waals surface area contributed by atoms with E-state index in [1.807, 2.05) is 0 Å². The molecule has 0 bridgehead atoms. The van der Waals surface area contributed by atoms with Crippen molar-refractivity contribution in [2.45, 2.75) is 11.8 Å². The Hall–Kier alpha value is -1.24. The second-order valence-electron chi connectivity index (χ2n) is 2.88. The molecule has 7 heteroatoms. The van der Waals surface area contributed by atoms with Gasteiger partial charge in [-0.25, -0.2) is 22.4 Å². The Morgan fingerprint density at radius 2 is 1.59 bits per heavy atom. The van der Waals surface area contributed by atoms with E-state index in [0.717, 1.165) is 0 Å². The van der Waals surface area contributed by atoms with E-state index in [1.54, 1.807) is 0 Å². The van der Waals surface area contributed by atoms with Crippen molar-refractivity contribution in [2.75, 3.05) is 12.9 Å². The fourth-order valence-electron chi connectivity index (χ4n) is 1.17. The Balaban J connectivity index is 3.48. The van der Waals surface area contributed by atoms with Crippen molar-refractivity contribution in [3.05, 3.63) is 28.8 Å². The highest BCUT2D eigenvalue weighted by molar-refractivity contribution is 7.98. The van der Waals surface area contributed by atoms with Crippen LogP contribution in [0, 0.1) is 23.3 Å². The van der Waals surface area contributed by atoms with Crippen LogP contribution in [-0.4, -0.2) is 18.8 Å². The minimum atomic E-state index is -1.74. The molecule has 1 aromatic rings. The largest absolute Gasteiger partial charge is 0.462 e. The average molecular weight is 268 g/mol. The summed E-state index contributed by atoms with van der Waals surface area (Å²) in [6, 6.07) is 0. The topological polar surface area (TPSA) is 26.3 Å². The van der Waals surface area contributed by atoms with Crippen LogP contribution in [0.15, 0.2) is 4.90 Å². The Bertz CT molecular complexity index is 433. The summed E-state index contributed by atoms with van der Waals surface area (Å²) in [5, 5.41) is 0. The van der Waals surface area contributed by atoms with Gasteiger partial charge in [0.25, 0.3) is 0 Å². The minimum Gasteiger partial charge on any atom is -0.462 e. The van der Waals surface area contributed by atoms with Crippen LogP contribution in [0.5, 0.6) is 0 Å². The summed E-state index contributed by atoms with van der Waals surface area (Å²) in [6.07, 6.45) is 1.25. The van der Waals surface area contributed by atoms with Crippen LogP contribution in [-0.2, 0) is 4.74 Å². The molecule has 1 aromatic carbocycles. The van der Waals surface area contributed by atoms with E-state index in [9.17, 15) is 22.4 Å². The van der Waals surface area contributed by atoms with Crippen molar-refractivity contribution >= 4 is 17.7 Å². The third-order valence-corrected chi connectivity index (χ3v) is 2.67. The first-order valence-corrected chi connectivity index (χ1v) is 5.75. The molecule has 0 aromatic heterocycles. The van der Waals surface area contributed by atoms with Gasteiger partial charge in [0, 0.05) is 0 Å². The smallest absolute Gasteiger partial charge is 0.344 e. The maximum Gasteiger partial charge on any atom is 0.344 e. The molecule has 0 aliphatic carbocycles. The van der Waals surface area contributed by atoms with Gasteiger partial charge in [-0.1, -0.05) is 0 Å². The number of rotatable bonds is 3. The van der Waals surface area contributed by atoms with Gasteiger partial charge < -0.3 is 4.74 Å². The van der Waals surface area contributed by atoms with Gasteiger partial charge in [0.15, 0.2) is 23.3 Å². The highest BCUT2D eigenvalue weighted by Crippen LogP contribution is 2.30. The lowest BCUT2D eigenvalue weighted by Crippen LogP contribution is -2.14. The molecular weight excluding hydrogens is 260 g/mol. The van der Waals surface area contributed by atoms with Gasteiger partial charge in [-0.15, -0.1) is 11.8 Å². The molecule has 0 aliphatic heterocycles. The van der Waals surface area contributed by atoms with Gasteiger partial charge in [-0.2, -0.15) is 0 Å². The van der Waals surface area contributed by atoms with E-state index >= 15 is 0 Å². The predicted octanol–water partition coefficient (Wildman–Crippen LogP) is 3.14. The van der Waals surface area contributed by atoms with Gasteiger partial charge in [0.1, 0.15) is 5.56 Å². The van der Waals surface area contributed by atoms with E-state index in [0.29, 0.717) is 11.8 Å². The van der Waals surface area contributed by atoms with Crippen LogP contribution in [0.4, 0.5) is 17.6 Å². The van der Waals surface area contributed by atoms with E-state index < -0.39 is 39.7 Å². The van der Waals surface area contributed by atoms with Gasteiger partial charge >= 0.3 is 5.97 Å². The lowest BCUT2D eigenvalue weighted by molar-refractivity contribution is 0.0511. The van der Waals surface area contributed by atoms with Crippen LogP contribution in [0.3, 0.4) is 0 Å². The van der Waals surface area contributed by atoms with Crippen molar-refractivity contribution in [3.8, 4) is 0 Å². The molecular formula is C10H8F4O2S. The van der Waals surface area contributed by atoms with Gasteiger partial charge in [-0.05, 0) is 13.2 Å². The molecule has 0 fully saturated rings. The van der Waals surface area contributed by atoms with Gasteiger partial charge in [-0.3, -0.25) is 0 Å². The number of hydrogen-bond acceptors (Lipinski definition) is 3. The molecule has 0 aliphatic rings. The van der Waals surface area contributed by atoms with E-state index in [2.05, 4.69) is 4.74 Å². The first kappa shape index (κ1) is 13.8. The molecule has 2 nitrogen and oxygen atoms in total. The quantitative estimate of drug-likeness (QED) is 0.364. The molecule has 0 spiro atoms. The van der Waals surface area contributed by atoms with Crippen LogP contribution in [0.1, 0.15) is 17.3 Å². The summed E-state index contributed by atoms with van der Waals surface area (Å²) in [7, 11) is 0. The van der Waals surface area contributed by atoms with E-state index in [4.69, 9.17) is 0 Å². The number of ether oxygens (including phenoxy) is 1.